The van der Waals surface area contributed by atoms with Gasteiger partial charge in [-0.2, -0.15) is 4.31 Å². The molecule has 7 heteroatoms. The molecule has 1 aliphatic heterocycles. The van der Waals surface area contributed by atoms with Crippen molar-refractivity contribution in [1.29, 1.82) is 0 Å². The van der Waals surface area contributed by atoms with Crippen molar-refractivity contribution >= 4 is 21.6 Å². The molecule has 3 N–H and O–H groups in total. The Labute approximate surface area is 144 Å². The third kappa shape index (κ3) is 4.55. The highest BCUT2D eigenvalue weighted by molar-refractivity contribution is 7.89. The molecule has 134 valence electrons. The second kappa shape index (κ2) is 8.09. The van der Waals surface area contributed by atoms with Crippen molar-refractivity contribution < 1.29 is 18.5 Å². The van der Waals surface area contributed by atoms with Gasteiger partial charge in [-0.05, 0) is 57.4 Å². The number of carbonyl (C=O) groups is 1. The first-order valence-corrected chi connectivity index (χ1v) is 10.0. The molecule has 1 amide bonds. The molecule has 6 nitrogen and oxygen atoms in total. The zero-order valence-corrected chi connectivity index (χ0v) is 15.5. The summed E-state index contributed by atoms with van der Waals surface area (Å²) in [5.74, 6) is -0.0783. The van der Waals surface area contributed by atoms with Gasteiger partial charge in [-0.3, -0.25) is 4.79 Å². The third-order valence-corrected chi connectivity index (χ3v) is 6.41. The average molecular weight is 354 g/mol. The quantitative estimate of drug-likeness (QED) is 0.771. The fourth-order valence-corrected chi connectivity index (χ4v) is 4.28. The molecule has 1 heterocycles. The molecule has 1 saturated heterocycles. The summed E-state index contributed by atoms with van der Waals surface area (Å²) in [5.41, 5.74) is 0.616. The van der Waals surface area contributed by atoms with E-state index < -0.39 is 10.0 Å². The van der Waals surface area contributed by atoms with Crippen molar-refractivity contribution in [2.45, 2.75) is 57.0 Å². The number of hydrogen-bond acceptors (Lipinski definition) is 3. The Kier molecular flexibility index (Phi) is 6.37. The van der Waals surface area contributed by atoms with Crippen molar-refractivity contribution in [2.75, 3.05) is 18.4 Å². The number of carbonyl (C=O) groups excluding carboxylic acids is 1. The Morgan fingerprint density at radius 1 is 1.21 bits per heavy atom. The van der Waals surface area contributed by atoms with Crippen molar-refractivity contribution in [3.05, 3.63) is 24.3 Å². The Bertz CT molecular complexity index is 652. The van der Waals surface area contributed by atoms with E-state index >= 15 is 0 Å². The van der Waals surface area contributed by atoms with E-state index in [-0.39, 0.29) is 16.8 Å². The molecular formula is C17H28N3O3S+. The number of anilines is 1. The second-order valence-corrected chi connectivity index (χ2v) is 8.43. The van der Waals surface area contributed by atoms with Crippen molar-refractivity contribution in [3.8, 4) is 0 Å². The molecule has 1 aromatic rings. The Hall–Kier alpha value is -1.44. The lowest BCUT2D eigenvalue weighted by atomic mass is 10.2. The molecule has 1 aliphatic rings. The summed E-state index contributed by atoms with van der Waals surface area (Å²) in [6, 6.07) is 6.62. The van der Waals surface area contributed by atoms with Gasteiger partial charge in [0, 0.05) is 18.8 Å². The van der Waals surface area contributed by atoms with Crippen LogP contribution in [0.2, 0.25) is 0 Å². The smallest absolute Gasteiger partial charge is 0.282 e. The van der Waals surface area contributed by atoms with Crippen LogP contribution in [0, 0.1) is 0 Å². The van der Waals surface area contributed by atoms with Crippen LogP contribution in [-0.4, -0.2) is 43.8 Å². The van der Waals surface area contributed by atoms with E-state index in [9.17, 15) is 13.2 Å². The lowest BCUT2D eigenvalue weighted by Crippen LogP contribution is -2.95. The minimum absolute atomic E-state index is 0.0783. The zero-order valence-electron chi connectivity index (χ0n) is 14.7. The Morgan fingerprint density at radius 3 is 2.33 bits per heavy atom. The fraction of sp³-hybridized carbons (Fsp3) is 0.588. The van der Waals surface area contributed by atoms with Gasteiger partial charge in [0.1, 0.15) is 0 Å². The van der Waals surface area contributed by atoms with Gasteiger partial charge in [0.2, 0.25) is 10.0 Å². The summed E-state index contributed by atoms with van der Waals surface area (Å²) in [6.45, 7) is 7.22. The number of hydrogen-bond donors (Lipinski definition) is 2. The minimum atomic E-state index is -3.41. The van der Waals surface area contributed by atoms with E-state index in [0.717, 1.165) is 19.3 Å². The van der Waals surface area contributed by atoms with Crippen LogP contribution in [0.4, 0.5) is 5.69 Å². The molecule has 2 atom stereocenters. The van der Waals surface area contributed by atoms with Gasteiger partial charge in [-0.1, -0.05) is 6.92 Å². The molecule has 0 radical (unpaired) electrons. The third-order valence-electron chi connectivity index (χ3n) is 4.50. The number of amides is 1. The minimum Gasteiger partial charge on any atom is -0.334 e. The first-order chi connectivity index (χ1) is 11.3. The lowest BCUT2D eigenvalue weighted by Gasteiger charge is -2.17. The van der Waals surface area contributed by atoms with Crippen molar-refractivity contribution in [1.82, 2.24) is 4.31 Å². The monoisotopic (exact) mass is 354 g/mol. The van der Waals surface area contributed by atoms with E-state index in [1.807, 2.05) is 12.2 Å². The number of nitrogens with zero attached hydrogens (tertiary/aromatic N) is 1. The Balaban J connectivity index is 2.00. The van der Waals surface area contributed by atoms with Crippen LogP contribution in [0.5, 0.6) is 0 Å². The van der Waals surface area contributed by atoms with E-state index in [1.54, 1.807) is 24.3 Å². The topological polar surface area (TPSA) is 83.1 Å². The van der Waals surface area contributed by atoms with Crippen LogP contribution in [-0.2, 0) is 14.8 Å². The van der Waals surface area contributed by atoms with Gasteiger partial charge in [0.15, 0.2) is 6.04 Å². The average Bonchev–Trinajstić information content (AvgIpc) is 3.10. The van der Waals surface area contributed by atoms with E-state index in [4.69, 9.17) is 0 Å². The molecular weight excluding hydrogens is 326 g/mol. The standard InChI is InChI=1S/C17H27N3O3S/c1-4-13(2)18-14(3)17(21)19-15-7-9-16(10-8-15)24(22,23)20-11-5-6-12-20/h7-10,13-14,18H,4-6,11-12H2,1-3H3,(H,19,21)/p+1/t13-,14-/m1/s1. The first kappa shape index (κ1) is 18.9. The number of benzene rings is 1. The maximum atomic E-state index is 12.5. The number of sulfonamides is 1. The lowest BCUT2D eigenvalue weighted by molar-refractivity contribution is -0.703. The molecule has 0 spiro atoms. The highest BCUT2D eigenvalue weighted by Crippen LogP contribution is 2.22. The van der Waals surface area contributed by atoms with E-state index in [0.29, 0.717) is 24.8 Å². The van der Waals surface area contributed by atoms with Gasteiger partial charge >= 0.3 is 0 Å². The van der Waals surface area contributed by atoms with E-state index in [1.165, 1.54) is 4.31 Å². The first-order valence-electron chi connectivity index (χ1n) is 8.60. The number of nitrogens with one attached hydrogen (secondary N) is 1. The highest BCUT2D eigenvalue weighted by atomic mass is 32.2. The maximum Gasteiger partial charge on any atom is 0.282 e. The fourth-order valence-electron chi connectivity index (χ4n) is 2.76. The van der Waals surface area contributed by atoms with Crippen molar-refractivity contribution in [2.24, 2.45) is 0 Å². The maximum absolute atomic E-state index is 12.5. The van der Waals surface area contributed by atoms with E-state index in [2.05, 4.69) is 19.2 Å². The SMILES string of the molecule is CC[C@@H](C)[NH2+][C@H](C)C(=O)Nc1ccc(S(=O)(=O)N2CCCC2)cc1. The van der Waals surface area contributed by atoms with Gasteiger partial charge in [0.25, 0.3) is 5.91 Å². The molecule has 0 aromatic heterocycles. The second-order valence-electron chi connectivity index (χ2n) is 6.49. The summed E-state index contributed by atoms with van der Waals surface area (Å²) in [6.07, 6.45) is 2.83. The largest absolute Gasteiger partial charge is 0.334 e. The van der Waals surface area contributed by atoms with Crippen molar-refractivity contribution in [3.63, 3.8) is 0 Å². The van der Waals surface area contributed by atoms with Crippen LogP contribution < -0.4 is 10.6 Å². The van der Waals surface area contributed by atoms with Crippen LogP contribution in [0.3, 0.4) is 0 Å². The predicted octanol–water partition coefficient (Wildman–Crippen LogP) is 1.16. The number of quaternary nitrogens is 1. The molecule has 0 bridgehead atoms. The normalized spacial score (nSPS) is 18.3. The predicted molar refractivity (Wildman–Crippen MR) is 94.2 cm³/mol. The van der Waals surface area contributed by atoms with Gasteiger partial charge in [-0.15, -0.1) is 0 Å². The number of rotatable bonds is 7. The van der Waals surface area contributed by atoms with Gasteiger partial charge in [0.05, 0.1) is 10.9 Å². The molecule has 2 rings (SSSR count). The Morgan fingerprint density at radius 2 is 1.79 bits per heavy atom. The highest BCUT2D eigenvalue weighted by Gasteiger charge is 2.27. The number of nitrogens with two attached hydrogens (primary N) is 1. The van der Waals surface area contributed by atoms with Crippen LogP contribution in [0.15, 0.2) is 29.2 Å². The molecule has 0 saturated carbocycles. The van der Waals surface area contributed by atoms with Crippen LogP contribution >= 0.6 is 0 Å². The zero-order chi connectivity index (χ0) is 17.7. The van der Waals surface area contributed by atoms with Crippen LogP contribution in [0.1, 0.15) is 40.0 Å². The molecule has 0 aliphatic carbocycles. The molecule has 0 unspecified atom stereocenters. The molecule has 1 aromatic carbocycles. The summed E-state index contributed by atoms with van der Waals surface area (Å²) >= 11 is 0. The summed E-state index contributed by atoms with van der Waals surface area (Å²) in [5, 5.41) is 4.87. The van der Waals surface area contributed by atoms with Crippen LogP contribution in [0.25, 0.3) is 0 Å². The molecule has 1 fully saturated rings. The summed E-state index contributed by atoms with van der Waals surface area (Å²) < 4.78 is 26.4. The summed E-state index contributed by atoms with van der Waals surface area (Å²) in [4.78, 5) is 12.5. The summed E-state index contributed by atoms with van der Waals surface area (Å²) in [7, 11) is -3.41. The van der Waals surface area contributed by atoms with Gasteiger partial charge in [-0.25, -0.2) is 8.42 Å². The molecule has 24 heavy (non-hydrogen) atoms. The van der Waals surface area contributed by atoms with Gasteiger partial charge < -0.3 is 10.6 Å².